The third-order valence-electron chi connectivity index (χ3n) is 3.34. The van der Waals surface area contributed by atoms with E-state index in [1.165, 1.54) is 0 Å². The molecule has 0 saturated carbocycles. The van der Waals surface area contributed by atoms with E-state index in [9.17, 15) is 0 Å². The van der Waals surface area contributed by atoms with Crippen molar-refractivity contribution in [3.63, 3.8) is 0 Å². The maximum Gasteiger partial charge on any atom is 0.131 e. The first kappa shape index (κ1) is 15.1. The minimum Gasteiger partial charge on any atom is -0.490 e. The molecular formula is C14H20ClN3O2. The summed E-state index contributed by atoms with van der Waals surface area (Å²) in [5.74, 6) is 0.438. The first-order chi connectivity index (χ1) is 9.61. The van der Waals surface area contributed by atoms with Crippen LogP contribution in [0.5, 0.6) is 5.75 Å². The third kappa shape index (κ3) is 3.62. The summed E-state index contributed by atoms with van der Waals surface area (Å²) in [4.78, 5) is 2.32. The van der Waals surface area contributed by atoms with Crippen LogP contribution in [0.2, 0.25) is 5.02 Å². The molecular weight excluding hydrogens is 278 g/mol. The molecule has 6 heteroatoms. The van der Waals surface area contributed by atoms with Crippen molar-refractivity contribution in [2.75, 3.05) is 32.8 Å². The molecule has 0 aliphatic carbocycles. The average molecular weight is 298 g/mol. The Balaban J connectivity index is 2.00. The highest BCUT2D eigenvalue weighted by Gasteiger charge is 2.20. The summed E-state index contributed by atoms with van der Waals surface area (Å²) in [5, 5.41) is 8.00. The summed E-state index contributed by atoms with van der Waals surface area (Å²) in [6.07, 6.45) is 0.0301. The summed E-state index contributed by atoms with van der Waals surface area (Å²) in [5.41, 5.74) is 5.99. The Morgan fingerprint density at radius 3 is 3.10 bits per heavy atom. The van der Waals surface area contributed by atoms with Gasteiger partial charge in [0.2, 0.25) is 0 Å². The number of hydrogen-bond donors (Lipinski definition) is 2. The number of halogens is 1. The minimum absolute atomic E-state index is 0.0301. The van der Waals surface area contributed by atoms with E-state index in [0.29, 0.717) is 22.9 Å². The van der Waals surface area contributed by atoms with Gasteiger partial charge in [0.05, 0.1) is 17.2 Å². The molecule has 0 bridgehead atoms. The molecule has 1 aliphatic heterocycles. The first-order valence-corrected chi connectivity index (χ1v) is 7.09. The van der Waals surface area contributed by atoms with Crippen LogP contribution in [0, 0.1) is 5.41 Å². The number of rotatable bonds is 5. The van der Waals surface area contributed by atoms with Crippen molar-refractivity contribution < 1.29 is 9.47 Å². The lowest BCUT2D eigenvalue weighted by Crippen LogP contribution is -2.44. The van der Waals surface area contributed by atoms with Crippen LogP contribution < -0.4 is 10.5 Å². The summed E-state index contributed by atoms with van der Waals surface area (Å²) >= 11 is 6.05. The maximum absolute atomic E-state index is 7.58. The van der Waals surface area contributed by atoms with Crippen molar-refractivity contribution in [3.8, 4) is 5.75 Å². The van der Waals surface area contributed by atoms with Crippen molar-refractivity contribution >= 4 is 17.4 Å². The molecule has 1 aromatic rings. The Labute approximate surface area is 124 Å². The van der Waals surface area contributed by atoms with Gasteiger partial charge in [-0.25, -0.2) is 0 Å². The molecule has 0 spiro atoms. The molecule has 0 aromatic heterocycles. The highest BCUT2D eigenvalue weighted by atomic mass is 35.5. The Morgan fingerprint density at radius 1 is 1.60 bits per heavy atom. The van der Waals surface area contributed by atoms with Crippen molar-refractivity contribution in [3.05, 3.63) is 28.8 Å². The number of ether oxygens (including phenoxy) is 2. The van der Waals surface area contributed by atoms with Gasteiger partial charge in [-0.2, -0.15) is 0 Å². The smallest absolute Gasteiger partial charge is 0.131 e. The van der Waals surface area contributed by atoms with Crippen LogP contribution in [0.1, 0.15) is 12.5 Å². The molecule has 1 saturated heterocycles. The second-order valence-electron chi connectivity index (χ2n) is 4.72. The van der Waals surface area contributed by atoms with Gasteiger partial charge in [0.15, 0.2) is 0 Å². The molecule has 1 atom stereocenters. The van der Waals surface area contributed by atoms with E-state index < -0.39 is 0 Å². The number of nitrogens with zero attached hydrogens (tertiary/aromatic N) is 1. The lowest BCUT2D eigenvalue weighted by molar-refractivity contribution is -0.0464. The Hall–Kier alpha value is -1.30. The fraction of sp³-hybridized carbons (Fsp3) is 0.500. The summed E-state index contributed by atoms with van der Waals surface area (Å²) in [6, 6.07) is 5.24. The van der Waals surface area contributed by atoms with Crippen molar-refractivity contribution in [2.45, 2.75) is 13.0 Å². The molecule has 1 unspecified atom stereocenters. The number of likely N-dealkylation sites (N-methyl/N-ethyl adjacent to an activating group) is 1. The number of amidine groups is 1. The molecule has 110 valence electrons. The van der Waals surface area contributed by atoms with E-state index in [1.807, 2.05) is 0 Å². The zero-order valence-electron chi connectivity index (χ0n) is 11.6. The quantitative estimate of drug-likeness (QED) is 0.641. The van der Waals surface area contributed by atoms with Gasteiger partial charge in [-0.05, 0) is 18.7 Å². The Bertz CT molecular complexity index is 481. The largest absolute Gasteiger partial charge is 0.490 e. The minimum atomic E-state index is -0.0923. The molecule has 1 heterocycles. The van der Waals surface area contributed by atoms with Crippen LogP contribution in [0.25, 0.3) is 0 Å². The zero-order valence-corrected chi connectivity index (χ0v) is 12.3. The predicted molar refractivity (Wildman–Crippen MR) is 79.8 cm³/mol. The standard InChI is InChI=1S/C14H20ClN3O2/c1-2-18-6-7-19-10(8-18)9-20-12-5-3-4-11(15)13(12)14(16)17/h3-5,10H,2,6-9H2,1H3,(H3,16,17). The monoisotopic (exact) mass is 297 g/mol. The van der Waals surface area contributed by atoms with E-state index in [2.05, 4.69) is 11.8 Å². The lowest BCUT2D eigenvalue weighted by atomic mass is 10.2. The highest BCUT2D eigenvalue weighted by molar-refractivity contribution is 6.34. The molecule has 0 amide bonds. The number of nitrogens with one attached hydrogen (secondary N) is 1. The van der Waals surface area contributed by atoms with E-state index in [4.69, 9.17) is 32.2 Å². The van der Waals surface area contributed by atoms with Gasteiger partial charge in [-0.15, -0.1) is 0 Å². The van der Waals surface area contributed by atoms with Crippen LogP contribution in [0.4, 0.5) is 0 Å². The maximum atomic E-state index is 7.58. The number of morpholine rings is 1. The van der Waals surface area contributed by atoms with Crippen molar-refractivity contribution in [2.24, 2.45) is 5.73 Å². The molecule has 1 aliphatic rings. The van der Waals surface area contributed by atoms with Crippen LogP contribution in [0.15, 0.2) is 18.2 Å². The van der Waals surface area contributed by atoms with E-state index >= 15 is 0 Å². The fourth-order valence-corrected chi connectivity index (χ4v) is 2.50. The molecule has 1 fully saturated rings. The zero-order chi connectivity index (χ0) is 14.5. The molecule has 2 rings (SSSR count). The molecule has 0 radical (unpaired) electrons. The van der Waals surface area contributed by atoms with Gasteiger partial charge < -0.3 is 15.2 Å². The third-order valence-corrected chi connectivity index (χ3v) is 3.65. The summed E-state index contributed by atoms with van der Waals surface area (Å²) < 4.78 is 11.4. The second-order valence-corrected chi connectivity index (χ2v) is 5.13. The molecule has 3 N–H and O–H groups in total. The van der Waals surface area contributed by atoms with E-state index in [1.54, 1.807) is 18.2 Å². The Morgan fingerprint density at radius 2 is 2.40 bits per heavy atom. The topological polar surface area (TPSA) is 71.6 Å². The number of nitrogens with two attached hydrogens (primary N) is 1. The van der Waals surface area contributed by atoms with Crippen LogP contribution in [0.3, 0.4) is 0 Å². The summed E-state index contributed by atoms with van der Waals surface area (Å²) in [7, 11) is 0. The highest BCUT2D eigenvalue weighted by Crippen LogP contribution is 2.26. The molecule has 20 heavy (non-hydrogen) atoms. The molecule has 1 aromatic carbocycles. The van der Waals surface area contributed by atoms with Crippen molar-refractivity contribution in [1.29, 1.82) is 5.41 Å². The van der Waals surface area contributed by atoms with Crippen molar-refractivity contribution in [1.82, 2.24) is 4.90 Å². The number of nitrogen functional groups attached to an aromatic ring is 1. The van der Waals surface area contributed by atoms with Crippen LogP contribution >= 0.6 is 11.6 Å². The van der Waals surface area contributed by atoms with Crippen LogP contribution in [-0.2, 0) is 4.74 Å². The Kier molecular flexibility index (Phi) is 5.23. The lowest BCUT2D eigenvalue weighted by Gasteiger charge is -2.32. The fourth-order valence-electron chi connectivity index (χ4n) is 2.24. The van der Waals surface area contributed by atoms with Crippen LogP contribution in [-0.4, -0.2) is 49.7 Å². The number of hydrogen-bond acceptors (Lipinski definition) is 4. The first-order valence-electron chi connectivity index (χ1n) is 6.71. The van der Waals surface area contributed by atoms with E-state index in [0.717, 1.165) is 26.2 Å². The number of benzene rings is 1. The SMILES string of the molecule is CCN1CCOC(COc2cccc(Cl)c2C(=N)N)C1. The van der Waals surface area contributed by atoms with Gasteiger partial charge in [0.1, 0.15) is 24.3 Å². The normalized spacial score (nSPS) is 19.8. The van der Waals surface area contributed by atoms with Gasteiger partial charge >= 0.3 is 0 Å². The second kappa shape index (κ2) is 6.92. The van der Waals surface area contributed by atoms with Gasteiger partial charge in [0, 0.05) is 13.1 Å². The molecule has 5 nitrogen and oxygen atoms in total. The predicted octanol–water partition coefficient (Wildman–Crippen LogP) is 1.72. The van der Waals surface area contributed by atoms with Gasteiger partial charge in [-0.3, -0.25) is 10.3 Å². The van der Waals surface area contributed by atoms with Gasteiger partial charge in [0.25, 0.3) is 0 Å². The van der Waals surface area contributed by atoms with Gasteiger partial charge in [-0.1, -0.05) is 24.6 Å². The average Bonchev–Trinajstić information content (AvgIpc) is 2.45. The summed E-state index contributed by atoms with van der Waals surface area (Å²) in [6.45, 7) is 6.10. The van der Waals surface area contributed by atoms with E-state index in [-0.39, 0.29) is 11.9 Å².